The third-order valence-electron chi connectivity index (χ3n) is 1.68. The van der Waals surface area contributed by atoms with Gasteiger partial charge in [-0.1, -0.05) is 23.2 Å². The second-order valence-electron chi connectivity index (χ2n) is 2.50. The molecule has 0 spiro atoms. The van der Waals surface area contributed by atoms with Crippen LogP contribution < -0.4 is 0 Å². The number of pyridine rings is 1. The average Bonchev–Trinajstić information content (AvgIpc) is 2.14. The molecule has 14 heavy (non-hydrogen) atoms. The molecule has 0 saturated heterocycles. The summed E-state index contributed by atoms with van der Waals surface area (Å²) in [6.07, 6.45) is 0. The quantitative estimate of drug-likeness (QED) is 0.557. The molecule has 0 fully saturated rings. The summed E-state index contributed by atoms with van der Waals surface area (Å²) in [5.41, 5.74) is -0.0714. The molecule has 0 unspecified atom stereocenters. The molecule has 6 heteroatoms. The fourth-order valence-electron chi connectivity index (χ4n) is 0.950. The smallest absolute Gasteiger partial charge is 0.341 e. The van der Waals surface area contributed by atoms with Gasteiger partial charge < -0.3 is 4.74 Å². The highest BCUT2D eigenvalue weighted by atomic mass is 35.5. The van der Waals surface area contributed by atoms with Gasteiger partial charge in [0.2, 0.25) is 0 Å². The lowest BCUT2D eigenvalue weighted by Crippen LogP contribution is -2.08. The van der Waals surface area contributed by atoms with Crippen LogP contribution in [0.1, 0.15) is 15.9 Å². The number of carbonyl (C=O) groups excluding carboxylic acids is 1. The number of esters is 1. The van der Waals surface area contributed by atoms with E-state index in [-0.39, 0.29) is 21.4 Å². The first-order valence-corrected chi connectivity index (χ1v) is 4.34. The van der Waals surface area contributed by atoms with Crippen molar-refractivity contribution in [1.29, 1.82) is 0 Å². The highest BCUT2D eigenvalue weighted by Gasteiger charge is 2.20. The molecule has 76 valence electrons. The van der Waals surface area contributed by atoms with Gasteiger partial charge >= 0.3 is 5.97 Å². The predicted octanol–water partition coefficient (Wildman–Crippen LogP) is 2.62. The van der Waals surface area contributed by atoms with Gasteiger partial charge in [-0.2, -0.15) is 0 Å². The van der Waals surface area contributed by atoms with E-state index in [9.17, 15) is 9.18 Å². The summed E-state index contributed by atoms with van der Waals surface area (Å²) in [5, 5.41) is -0.527. The molecular formula is C8H6Cl2FNO2. The van der Waals surface area contributed by atoms with Crippen LogP contribution in [-0.2, 0) is 4.74 Å². The van der Waals surface area contributed by atoms with Gasteiger partial charge in [-0.25, -0.2) is 14.2 Å². The van der Waals surface area contributed by atoms with Crippen molar-refractivity contribution in [2.45, 2.75) is 6.92 Å². The van der Waals surface area contributed by atoms with Crippen molar-refractivity contribution in [3.63, 3.8) is 0 Å². The van der Waals surface area contributed by atoms with Crippen LogP contribution in [0.25, 0.3) is 0 Å². The number of methoxy groups -OCH3 is 1. The molecule has 0 aliphatic carbocycles. The van der Waals surface area contributed by atoms with Crippen molar-refractivity contribution in [1.82, 2.24) is 4.98 Å². The lowest BCUT2D eigenvalue weighted by molar-refractivity contribution is 0.0599. The van der Waals surface area contributed by atoms with Crippen molar-refractivity contribution in [3.05, 3.63) is 27.3 Å². The normalized spacial score (nSPS) is 10.1. The summed E-state index contributed by atoms with van der Waals surface area (Å²) in [6, 6.07) is 0. The number of hydrogen-bond acceptors (Lipinski definition) is 3. The molecule has 1 aromatic heterocycles. The first kappa shape index (κ1) is 11.2. The van der Waals surface area contributed by atoms with Gasteiger partial charge in [-0.15, -0.1) is 0 Å². The van der Waals surface area contributed by atoms with Gasteiger partial charge in [0.05, 0.1) is 7.11 Å². The highest BCUT2D eigenvalue weighted by molar-refractivity contribution is 6.34. The monoisotopic (exact) mass is 237 g/mol. The van der Waals surface area contributed by atoms with E-state index in [0.717, 1.165) is 0 Å². The largest absolute Gasteiger partial charge is 0.465 e. The standard InChI is InChI=1S/C8H6Cl2FNO2/c1-3-4(8(13)14-2)6(9)12-7(10)5(3)11/h1-2H3. The van der Waals surface area contributed by atoms with Crippen molar-refractivity contribution in [2.75, 3.05) is 7.11 Å². The molecule has 0 aliphatic heterocycles. The molecule has 0 bridgehead atoms. The van der Waals surface area contributed by atoms with Crippen LogP contribution in [0.15, 0.2) is 0 Å². The predicted molar refractivity (Wildman–Crippen MR) is 50.3 cm³/mol. The Morgan fingerprint density at radius 2 is 2.00 bits per heavy atom. The summed E-state index contributed by atoms with van der Waals surface area (Å²) in [5.74, 6) is -1.51. The van der Waals surface area contributed by atoms with Gasteiger partial charge in [-0.05, 0) is 6.92 Å². The maximum atomic E-state index is 13.2. The summed E-state index contributed by atoms with van der Waals surface area (Å²) in [7, 11) is 1.17. The molecule has 0 aliphatic rings. The van der Waals surface area contributed by atoms with E-state index in [1.807, 2.05) is 0 Å². The van der Waals surface area contributed by atoms with Crippen LogP contribution in [0, 0.1) is 12.7 Å². The van der Waals surface area contributed by atoms with E-state index in [4.69, 9.17) is 23.2 Å². The van der Waals surface area contributed by atoms with E-state index in [2.05, 4.69) is 9.72 Å². The van der Waals surface area contributed by atoms with Crippen molar-refractivity contribution in [3.8, 4) is 0 Å². The number of carbonyl (C=O) groups is 1. The van der Waals surface area contributed by atoms with Gasteiger partial charge in [0, 0.05) is 5.56 Å². The number of aromatic nitrogens is 1. The van der Waals surface area contributed by atoms with Crippen molar-refractivity contribution >= 4 is 29.2 Å². The second-order valence-corrected chi connectivity index (χ2v) is 3.22. The zero-order valence-corrected chi connectivity index (χ0v) is 8.91. The maximum Gasteiger partial charge on any atom is 0.341 e. The molecule has 0 atom stereocenters. The Labute approximate surface area is 89.8 Å². The van der Waals surface area contributed by atoms with Crippen LogP contribution in [0.3, 0.4) is 0 Å². The molecule has 0 aromatic carbocycles. The number of rotatable bonds is 1. The first-order chi connectivity index (χ1) is 6.49. The average molecular weight is 238 g/mol. The molecule has 0 N–H and O–H groups in total. The van der Waals surface area contributed by atoms with Crippen LogP contribution >= 0.6 is 23.2 Å². The lowest BCUT2D eigenvalue weighted by Gasteiger charge is -2.07. The molecule has 0 amide bonds. The number of halogens is 3. The van der Waals surface area contributed by atoms with Crippen molar-refractivity contribution < 1.29 is 13.9 Å². The summed E-state index contributed by atoms with van der Waals surface area (Å²) in [4.78, 5) is 14.6. The second kappa shape index (κ2) is 4.11. The Bertz CT molecular complexity index is 395. The van der Waals surface area contributed by atoms with Crippen molar-refractivity contribution in [2.24, 2.45) is 0 Å². The van der Waals surface area contributed by atoms with E-state index in [0.29, 0.717) is 0 Å². The first-order valence-electron chi connectivity index (χ1n) is 3.58. The maximum absolute atomic E-state index is 13.2. The van der Waals surface area contributed by atoms with Crippen LogP contribution in [0.4, 0.5) is 4.39 Å². The van der Waals surface area contributed by atoms with E-state index >= 15 is 0 Å². The third-order valence-corrected chi connectivity index (χ3v) is 2.20. The molecule has 1 heterocycles. The van der Waals surface area contributed by atoms with Crippen LogP contribution in [0.2, 0.25) is 10.3 Å². The van der Waals surface area contributed by atoms with E-state index in [1.54, 1.807) is 0 Å². The Kier molecular flexibility index (Phi) is 3.29. The van der Waals surface area contributed by atoms with Crippen LogP contribution in [0.5, 0.6) is 0 Å². The molecular weight excluding hydrogens is 232 g/mol. The Morgan fingerprint density at radius 1 is 1.43 bits per heavy atom. The molecule has 0 saturated carbocycles. The number of hydrogen-bond donors (Lipinski definition) is 0. The number of ether oxygens (including phenoxy) is 1. The molecule has 3 nitrogen and oxygen atoms in total. The summed E-state index contributed by atoms with van der Waals surface area (Å²) >= 11 is 11.0. The van der Waals surface area contributed by atoms with E-state index < -0.39 is 11.8 Å². The molecule has 0 radical (unpaired) electrons. The Balaban J connectivity index is 3.44. The highest BCUT2D eigenvalue weighted by Crippen LogP contribution is 2.25. The Morgan fingerprint density at radius 3 is 2.50 bits per heavy atom. The fraction of sp³-hybridized carbons (Fsp3) is 0.250. The van der Waals surface area contributed by atoms with Gasteiger partial charge in [-0.3, -0.25) is 0 Å². The zero-order chi connectivity index (χ0) is 10.9. The third kappa shape index (κ3) is 1.81. The molecule has 1 aromatic rings. The zero-order valence-electron chi connectivity index (χ0n) is 7.40. The van der Waals surface area contributed by atoms with Gasteiger partial charge in [0.15, 0.2) is 11.0 Å². The summed E-state index contributed by atoms with van der Waals surface area (Å²) < 4.78 is 17.6. The summed E-state index contributed by atoms with van der Waals surface area (Å²) in [6.45, 7) is 1.38. The Hall–Kier alpha value is -0.870. The minimum absolute atomic E-state index is 0.0295. The number of nitrogens with zero attached hydrogens (tertiary/aromatic N) is 1. The minimum Gasteiger partial charge on any atom is -0.465 e. The SMILES string of the molecule is COC(=O)c1c(Cl)nc(Cl)c(F)c1C. The topological polar surface area (TPSA) is 39.2 Å². The van der Waals surface area contributed by atoms with Gasteiger partial charge in [0.1, 0.15) is 10.7 Å². The van der Waals surface area contributed by atoms with E-state index in [1.165, 1.54) is 14.0 Å². The molecule has 1 rings (SSSR count). The minimum atomic E-state index is -0.767. The van der Waals surface area contributed by atoms with Gasteiger partial charge in [0.25, 0.3) is 0 Å². The lowest BCUT2D eigenvalue weighted by atomic mass is 10.1. The van der Waals surface area contributed by atoms with Crippen LogP contribution in [-0.4, -0.2) is 18.1 Å². The fourth-order valence-corrected chi connectivity index (χ4v) is 1.52.